The van der Waals surface area contributed by atoms with Crippen LogP contribution in [-0.4, -0.2) is 65.8 Å². The SMILES string of the molecule is CC1(C)C2CC[C@]1(C)C(OC(=O)COC(=O)N(CCCc1ccccc1)[C@H]1CCc3ccccc3N(CC(=O)O)C1=O)C2. The van der Waals surface area contributed by atoms with E-state index in [0.29, 0.717) is 37.3 Å². The van der Waals surface area contributed by atoms with Gasteiger partial charge in [-0.1, -0.05) is 69.3 Å². The van der Waals surface area contributed by atoms with Gasteiger partial charge in [0.1, 0.15) is 18.7 Å². The van der Waals surface area contributed by atoms with Crippen molar-refractivity contribution in [3.8, 4) is 0 Å². The highest BCUT2D eigenvalue weighted by atomic mass is 16.6. The van der Waals surface area contributed by atoms with Gasteiger partial charge in [-0.25, -0.2) is 9.59 Å². The molecule has 0 radical (unpaired) electrons. The van der Waals surface area contributed by atoms with Crippen LogP contribution >= 0.6 is 0 Å². The van der Waals surface area contributed by atoms with Gasteiger partial charge in [-0.05, 0) is 73.5 Å². The molecule has 9 nitrogen and oxygen atoms in total. The van der Waals surface area contributed by atoms with E-state index in [4.69, 9.17) is 9.47 Å². The van der Waals surface area contributed by atoms with Crippen molar-refractivity contribution in [1.82, 2.24) is 4.90 Å². The molecule has 1 aliphatic heterocycles. The molecule has 5 rings (SSSR count). The number of benzene rings is 2. The number of para-hydroxylation sites is 1. The summed E-state index contributed by atoms with van der Waals surface area (Å²) in [6.45, 7) is 5.78. The number of aryl methyl sites for hydroxylation is 2. The van der Waals surface area contributed by atoms with Crippen molar-refractivity contribution < 1.29 is 33.8 Å². The Kier molecular flexibility index (Phi) is 8.81. The number of hydrogen-bond donors (Lipinski definition) is 1. The van der Waals surface area contributed by atoms with E-state index < -0.39 is 43.1 Å². The molecule has 0 spiro atoms. The zero-order chi connectivity index (χ0) is 30.8. The maximum atomic E-state index is 13.9. The molecule has 0 aromatic heterocycles. The van der Waals surface area contributed by atoms with Gasteiger partial charge in [-0.15, -0.1) is 0 Å². The van der Waals surface area contributed by atoms with Crippen LogP contribution in [0.5, 0.6) is 0 Å². The van der Waals surface area contributed by atoms with Gasteiger partial charge in [0.25, 0.3) is 0 Å². The predicted molar refractivity (Wildman–Crippen MR) is 160 cm³/mol. The minimum atomic E-state index is -1.15. The number of carboxylic acids is 1. The first-order valence-electron chi connectivity index (χ1n) is 15.3. The average molecular weight is 591 g/mol. The van der Waals surface area contributed by atoms with Crippen molar-refractivity contribution >= 4 is 29.6 Å². The van der Waals surface area contributed by atoms with Gasteiger partial charge >= 0.3 is 18.0 Å². The first kappa shape index (κ1) is 30.6. The number of hydrogen-bond acceptors (Lipinski definition) is 6. The van der Waals surface area contributed by atoms with Crippen LogP contribution in [0, 0.1) is 16.7 Å². The highest BCUT2D eigenvalue weighted by molar-refractivity contribution is 6.02. The van der Waals surface area contributed by atoms with Crippen molar-refractivity contribution in [1.29, 1.82) is 0 Å². The largest absolute Gasteiger partial charge is 0.480 e. The van der Waals surface area contributed by atoms with E-state index in [9.17, 15) is 24.3 Å². The quantitative estimate of drug-likeness (QED) is 0.376. The fourth-order valence-electron chi connectivity index (χ4n) is 7.46. The van der Waals surface area contributed by atoms with Gasteiger partial charge in [-0.2, -0.15) is 0 Å². The number of carbonyl (C=O) groups is 4. The van der Waals surface area contributed by atoms with Gasteiger partial charge in [0.2, 0.25) is 5.91 Å². The minimum Gasteiger partial charge on any atom is -0.480 e. The van der Waals surface area contributed by atoms with E-state index >= 15 is 0 Å². The van der Waals surface area contributed by atoms with Crippen LogP contribution in [-0.2, 0) is 36.7 Å². The molecular weight excluding hydrogens is 548 g/mol. The Morgan fingerprint density at radius 2 is 1.74 bits per heavy atom. The zero-order valence-electron chi connectivity index (χ0n) is 25.3. The first-order valence-corrected chi connectivity index (χ1v) is 15.3. The van der Waals surface area contributed by atoms with Crippen molar-refractivity contribution in [2.24, 2.45) is 16.7 Å². The van der Waals surface area contributed by atoms with Gasteiger partial charge in [0.05, 0.1) is 0 Å². The van der Waals surface area contributed by atoms with Crippen LogP contribution in [0.3, 0.4) is 0 Å². The summed E-state index contributed by atoms with van der Waals surface area (Å²) in [6, 6.07) is 16.1. The van der Waals surface area contributed by atoms with Crippen molar-refractivity contribution in [2.75, 3.05) is 24.6 Å². The summed E-state index contributed by atoms with van der Waals surface area (Å²) in [7, 11) is 0. The maximum absolute atomic E-state index is 13.9. The number of nitrogens with zero attached hydrogens (tertiary/aromatic N) is 2. The van der Waals surface area contributed by atoms with E-state index in [1.54, 1.807) is 12.1 Å². The van der Waals surface area contributed by atoms with Gasteiger partial charge in [-0.3, -0.25) is 19.4 Å². The molecule has 2 unspecified atom stereocenters. The van der Waals surface area contributed by atoms with Crippen LogP contribution in [0.15, 0.2) is 54.6 Å². The molecule has 1 heterocycles. The lowest BCUT2D eigenvalue weighted by atomic mass is 9.70. The van der Waals surface area contributed by atoms with Crippen molar-refractivity contribution in [2.45, 2.75) is 77.9 Å². The number of amides is 2. The highest BCUT2D eigenvalue weighted by Crippen LogP contribution is 2.66. The summed E-state index contributed by atoms with van der Waals surface area (Å²) in [5.74, 6) is -1.73. The van der Waals surface area contributed by atoms with Crippen LogP contribution in [0.2, 0.25) is 0 Å². The number of ether oxygens (including phenoxy) is 2. The topological polar surface area (TPSA) is 113 Å². The van der Waals surface area contributed by atoms with Crippen LogP contribution in [0.4, 0.5) is 10.5 Å². The van der Waals surface area contributed by atoms with Crippen LogP contribution in [0.25, 0.3) is 0 Å². The smallest absolute Gasteiger partial charge is 0.411 e. The molecule has 1 N–H and O–H groups in total. The second kappa shape index (κ2) is 12.4. The zero-order valence-corrected chi connectivity index (χ0v) is 25.3. The van der Waals surface area contributed by atoms with Crippen molar-refractivity contribution in [3.05, 3.63) is 65.7 Å². The number of rotatable bonds is 10. The molecule has 2 aliphatic carbocycles. The fraction of sp³-hybridized carbons (Fsp3) is 0.529. The molecule has 2 aromatic carbocycles. The number of carbonyl (C=O) groups excluding carboxylic acids is 3. The molecule has 2 bridgehead atoms. The Morgan fingerprint density at radius 1 is 1.02 bits per heavy atom. The fourth-order valence-corrected chi connectivity index (χ4v) is 7.46. The monoisotopic (exact) mass is 590 g/mol. The van der Waals surface area contributed by atoms with Crippen LogP contribution in [0.1, 0.15) is 64.0 Å². The lowest BCUT2D eigenvalue weighted by Crippen LogP contribution is -2.52. The molecule has 3 aliphatic rings. The molecule has 2 amide bonds. The molecular formula is C34H42N2O7. The average Bonchev–Trinajstić information content (AvgIpc) is 3.25. The summed E-state index contributed by atoms with van der Waals surface area (Å²) in [6.07, 6.45) is 3.92. The number of aliphatic carboxylic acids is 1. The summed E-state index contributed by atoms with van der Waals surface area (Å²) in [4.78, 5) is 54.7. The van der Waals surface area contributed by atoms with E-state index in [-0.39, 0.29) is 23.5 Å². The Labute approximate surface area is 253 Å². The molecule has 43 heavy (non-hydrogen) atoms. The van der Waals surface area contributed by atoms with Gasteiger partial charge < -0.3 is 14.6 Å². The third-order valence-electron chi connectivity index (χ3n) is 10.4. The number of anilines is 1. The molecule has 2 saturated carbocycles. The lowest BCUT2D eigenvalue weighted by molar-refractivity contribution is -0.160. The molecule has 9 heteroatoms. The summed E-state index contributed by atoms with van der Waals surface area (Å²) in [5.41, 5.74) is 2.41. The maximum Gasteiger partial charge on any atom is 0.411 e. The minimum absolute atomic E-state index is 0.0728. The van der Waals surface area contributed by atoms with E-state index in [2.05, 4.69) is 20.8 Å². The van der Waals surface area contributed by atoms with Crippen molar-refractivity contribution in [3.63, 3.8) is 0 Å². The Morgan fingerprint density at radius 3 is 2.42 bits per heavy atom. The van der Waals surface area contributed by atoms with E-state index in [1.165, 1.54) is 9.80 Å². The Bertz CT molecular complexity index is 1360. The molecule has 230 valence electrons. The lowest BCUT2D eigenvalue weighted by Gasteiger charge is -2.38. The third-order valence-corrected chi connectivity index (χ3v) is 10.4. The van der Waals surface area contributed by atoms with Crippen LogP contribution < -0.4 is 4.90 Å². The molecule has 4 atom stereocenters. The van der Waals surface area contributed by atoms with E-state index in [0.717, 1.165) is 30.4 Å². The summed E-state index contributed by atoms with van der Waals surface area (Å²) >= 11 is 0. The number of fused-ring (bicyclic) bond motifs is 3. The van der Waals surface area contributed by atoms with Gasteiger partial charge in [0.15, 0.2) is 6.61 Å². The standard InChI is InChI=1S/C34H42N2O7/c1-33(2)25-17-18-34(33,3)28(20-25)43-30(39)22-42-32(41)35(19-9-12-23-10-5-4-6-11-23)27-16-15-24-13-7-8-14-26(24)36(31(27)40)21-29(37)38/h4-8,10-11,13-14,25,27-28H,9,12,15-22H2,1-3H3,(H,37,38)/t25?,27-,28?,34+/m0/s1. The highest BCUT2D eigenvalue weighted by Gasteiger charge is 2.62. The number of carboxylic acid groups (broad SMARTS) is 1. The Balaban J connectivity index is 1.30. The molecule has 0 saturated heterocycles. The third kappa shape index (κ3) is 6.12. The summed E-state index contributed by atoms with van der Waals surface area (Å²) in [5, 5.41) is 9.60. The Hall–Kier alpha value is -3.88. The second-order valence-corrected chi connectivity index (χ2v) is 12.9. The predicted octanol–water partition coefficient (Wildman–Crippen LogP) is 5.25. The van der Waals surface area contributed by atoms with E-state index in [1.807, 2.05) is 42.5 Å². The normalized spacial score (nSPS) is 25.5. The van der Waals surface area contributed by atoms with Gasteiger partial charge in [0, 0.05) is 17.6 Å². The molecule has 2 aromatic rings. The molecule has 2 fully saturated rings. The first-order chi connectivity index (χ1) is 20.5. The second-order valence-electron chi connectivity index (χ2n) is 12.9. The number of esters is 1. The summed E-state index contributed by atoms with van der Waals surface area (Å²) < 4.78 is 11.4.